The van der Waals surface area contributed by atoms with Crippen LogP contribution in [0.2, 0.25) is 0 Å². The van der Waals surface area contributed by atoms with Crippen LogP contribution in [-0.2, 0) is 0 Å². The summed E-state index contributed by atoms with van der Waals surface area (Å²) in [5.74, 6) is 1.94. The third-order valence-electron chi connectivity index (χ3n) is 11.9. The fourth-order valence-corrected chi connectivity index (χ4v) is 8.73. The monoisotopic (exact) mass is 807 g/mol. The zero-order valence-electron chi connectivity index (χ0n) is 34.7. The second kappa shape index (κ2) is 16.2. The van der Waals surface area contributed by atoms with Crippen molar-refractivity contribution < 1.29 is 0 Å². The van der Waals surface area contributed by atoms with Gasteiger partial charge in [0, 0.05) is 57.1 Å². The fourth-order valence-electron chi connectivity index (χ4n) is 8.73. The summed E-state index contributed by atoms with van der Waals surface area (Å²) in [6.45, 7) is 0. The number of fused-ring (bicyclic) bond motifs is 3. The van der Waals surface area contributed by atoms with Crippen LogP contribution in [0.5, 0.6) is 0 Å². The number of hydrogen-bond donors (Lipinski definition) is 0. The molecule has 0 aliphatic heterocycles. The number of benzene rings is 9. The van der Waals surface area contributed by atoms with Crippen molar-refractivity contribution in [3.05, 3.63) is 231 Å². The van der Waals surface area contributed by atoms with Crippen LogP contribution in [0.3, 0.4) is 0 Å². The van der Waals surface area contributed by atoms with Crippen molar-refractivity contribution in [2.45, 2.75) is 0 Å². The highest BCUT2D eigenvalue weighted by Gasteiger charge is 2.19. The summed E-state index contributed by atoms with van der Waals surface area (Å²) in [5.41, 5.74) is 15.5. The van der Waals surface area contributed by atoms with Crippen LogP contribution in [0, 0.1) is 0 Å². The Morgan fingerprint density at radius 2 is 0.825 bits per heavy atom. The van der Waals surface area contributed by atoms with Crippen molar-refractivity contribution in [3.63, 3.8) is 0 Å². The quantitative estimate of drug-likeness (QED) is 0.146. The predicted molar refractivity (Wildman–Crippen MR) is 261 cm³/mol. The topological polar surface area (TPSA) is 46.8 Å². The first-order valence-corrected chi connectivity index (χ1v) is 21.3. The number of aromatic nitrogens is 4. The smallest absolute Gasteiger partial charge is 0.164 e. The molecule has 5 heteroatoms. The minimum absolute atomic E-state index is 0.638. The lowest BCUT2D eigenvalue weighted by Crippen LogP contribution is -2.11. The van der Waals surface area contributed by atoms with E-state index in [4.69, 9.17) is 15.0 Å². The number of nitrogens with zero attached hydrogens (tertiary/aromatic N) is 5. The highest BCUT2D eigenvalue weighted by Crippen LogP contribution is 2.42. The minimum Gasteiger partial charge on any atom is -0.344 e. The van der Waals surface area contributed by atoms with Gasteiger partial charge in [0.25, 0.3) is 0 Å². The molecule has 0 fully saturated rings. The summed E-state index contributed by atoms with van der Waals surface area (Å²) in [7, 11) is 2.15. The van der Waals surface area contributed by atoms with Gasteiger partial charge < -0.3 is 9.47 Å². The van der Waals surface area contributed by atoms with Crippen LogP contribution in [0.15, 0.2) is 231 Å². The maximum Gasteiger partial charge on any atom is 0.164 e. The predicted octanol–water partition coefficient (Wildman–Crippen LogP) is 14.7. The molecule has 298 valence electrons. The van der Waals surface area contributed by atoms with Crippen LogP contribution in [-0.4, -0.2) is 26.6 Å². The van der Waals surface area contributed by atoms with Gasteiger partial charge >= 0.3 is 0 Å². The number of para-hydroxylation sites is 2. The van der Waals surface area contributed by atoms with E-state index in [9.17, 15) is 0 Å². The first-order valence-electron chi connectivity index (χ1n) is 21.3. The standard InChI is InChI=1S/C58H41N5/c1-62(47-23-12-5-13-24-47)53-28-16-26-49(55(53)42-17-6-2-7-18-42)41-33-36-48(37-34-41)63-52-27-15-14-25-50(52)51-38-35-46(39-54(51)63)40-29-31-45(32-30-40)58-60-56(43-19-8-3-9-20-43)59-57(61-58)44-21-10-4-11-22-44/h2-39H,1H3. The third kappa shape index (κ3) is 7.11. The second-order valence-electron chi connectivity index (χ2n) is 15.7. The van der Waals surface area contributed by atoms with E-state index >= 15 is 0 Å². The van der Waals surface area contributed by atoms with Gasteiger partial charge in [-0.1, -0.05) is 188 Å². The molecule has 63 heavy (non-hydrogen) atoms. The third-order valence-corrected chi connectivity index (χ3v) is 11.9. The average molecular weight is 808 g/mol. The van der Waals surface area contributed by atoms with E-state index in [1.165, 1.54) is 33.0 Å². The Bertz CT molecular complexity index is 3310. The van der Waals surface area contributed by atoms with Gasteiger partial charge in [0.2, 0.25) is 0 Å². The molecule has 9 aromatic carbocycles. The molecule has 2 aromatic heterocycles. The van der Waals surface area contributed by atoms with Crippen LogP contribution in [0.1, 0.15) is 0 Å². The Morgan fingerprint density at radius 1 is 0.349 bits per heavy atom. The Morgan fingerprint density at radius 3 is 1.44 bits per heavy atom. The maximum absolute atomic E-state index is 4.95. The molecule has 0 unspecified atom stereocenters. The average Bonchev–Trinajstić information content (AvgIpc) is 3.70. The van der Waals surface area contributed by atoms with Crippen molar-refractivity contribution in [3.8, 4) is 73.2 Å². The molecule has 0 aliphatic rings. The number of hydrogen-bond acceptors (Lipinski definition) is 4. The molecule has 0 radical (unpaired) electrons. The van der Waals surface area contributed by atoms with Crippen molar-refractivity contribution in [1.82, 2.24) is 19.5 Å². The molecule has 2 heterocycles. The van der Waals surface area contributed by atoms with Gasteiger partial charge in [-0.15, -0.1) is 0 Å². The molecule has 0 spiro atoms. The van der Waals surface area contributed by atoms with E-state index in [0.29, 0.717) is 17.5 Å². The first kappa shape index (κ1) is 37.6. The Hall–Kier alpha value is -8.41. The minimum atomic E-state index is 0.638. The van der Waals surface area contributed by atoms with Gasteiger partial charge in [0.05, 0.1) is 11.0 Å². The molecule has 0 aliphatic carbocycles. The van der Waals surface area contributed by atoms with E-state index in [1.807, 2.05) is 60.7 Å². The second-order valence-corrected chi connectivity index (χ2v) is 15.7. The first-order chi connectivity index (χ1) is 31.2. The van der Waals surface area contributed by atoms with Crippen LogP contribution in [0.25, 0.3) is 95.0 Å². The van der Waals surface area contributed by atoms with Crippen LogP contribution >= 0.6 is 0 Å². The molecule has 0 N–H and O–H groups in total. The van der Waals surface area contributed by atoms with E-state index in [0.717, 1.165) is 56.0 Å². The number of rotatable bonds is 9. The Labute approximate surface area is 366 Å². The van der Waals surface area contributed by atoms with E-state index in [1.54, 1.807) is 0 Å². The summed E-state index contributed by atoms with van der Waals surface area (Å²) < 4.78 is 2.39. The highest BCUT2D eigenvalue weighted by molar-refractivity contribution is 6.10. The molecular formula is C58H41N5. The maximum atomic E-state index is 4.95. The summed E-state index contributed by atoms with van der Waals surface area (Å²) in [6, 6.07) is 81.2. The fraction of sp³-hybridized carbons (Fsp3) is 0.0172. The summed E-state index contributed by atoms with van der Waals surface area (Å²) in [4.78, 5) is 17.1. The Balaban J connectivity index is 0.972. The van der Waals surface area contributed by atoms with E-state index in [-0.39, 0.29) is 0 Å². The molecule has 0 saturated carbocycles. The number of anilines is 2. The molecule has 0 bridgehead atoms. The van der Waals surface area contributed by atoms with Crippen molar-refractivity contribution in [1.29, 1.82) is 0 Å². The normalized spacial score (nSPS) is 11.3. The summed E-state index contributed by atoms with van der Waals surface area (Å²) in [6.07, 6.45) is 0. The van der Waals surface area contributed by atoms with Crippen molar-refractivity contribution >= 4 is 33.2 Å². The lowest BCUT2D eigenvalue weighted by molar-refractivity contribution is 1.07. The van der Waals surface area contributed by atoms with E-state index < -0.39 is 0 Å². The van der Waals surface area contributed by atoms with Crippen molar-refractivity contribution in [2.24, 2.45) is 0 Å². The Kier molecular flexibility index (Phi) is 9.68. The zero-order valence-corrected chi connectivity index (χ0v) is 34.7. The van der Waals surface area contributed by atoms with Gasteiger partial charge in [-0.2, -0.15) is 0 Å². The largest absolute Gasteiger partial charge is 0.344 e. The van der Waals surface area contributed by atoms with Crippen LogP contribution in [0.4, 0.5) is 11.4 Å². The molecule has 0 saturated heterocycles. The molecular weight excluding hydrogens is 767 g/mol. The van der Waals surface area contributed by atoms with Gasteiger partial charge in [0.15, 0.2) is 17.5 Å². The molecule has 5 nitrogen and oxygen atoms in total. The van der Waals surface area contributed by atoms with Gasteiger partial charge in [-0.05, 0) is 70.3 Å². The summed E-state index contributed by atoms with van der Waals surface area (Å²) in [5, 5.41) is 2.44. The van der Waals surface area contributed by atoms with Gasteiger partial charge in [-0.25, -0.2) is 15.0 Å². The van der Waals surface area contributed by atoms with E-state index in [2.05, 4.69) is 186 Å². The highest BCUT2D eigenvalue weighted by atomic mass is 15.1. The lowest BCUT2D eigenvalue weighted by atomic mass is 9.92. The van der Waals surface area contributed by atoms with Gasteiger partial charge in [-0.3, -0.25) is 0 Å². The van der Waals surface area contributed by atoms with Crippen molar-refractivity contribution in [2.75, 3.05) is 11.9 Å². The zero-order chi connectivity index (χ0) is 42.1. The molecule has 11 aromatic rings. The summed E-state index contributed by atoms with van der Waals surface area (Å²) >= 11 is 0. The molecule has 11 rings (SSSR count). The lowest BCUT2D eigenvalue weighted by Gasteiger charge is -2.25. The molecule has 0 atom stereocenters. The SMILES string of the molecule is CN(c1ccccc1)c1cccc(-c2ccc(-n3c4ccccc4c4ccc(-c5ccc(-c6nc(-c7ccccc7)nc(-c7ccccc7)n6)cc5)cc43)cc2)c1-c1ccccc1. The molecule has 0 amide bonds. The van der Waals surface area contributed by atoms with Crippen LogP contribution < -0.4 is 4.90 Å². The van der Waals surface area contributed by atoms with Gasteiger partial charge in [0.1, 0.15) is 0 Å².